The van der Waals surface area contributed by atoms with Gasteiger partial charge in [-0.3, -0.25) is 14.5 Å². The molecule has 0 bridgehead atoms. The lowest BCUT2D eigenvalue weighted by Crippen LogP contribution is -2.31. The zero-order chi connectivity index (χ0) is 13.8. The van der Waals surface area contributed by atoms with Crippen LogP contribution < -0.4 is 5.32 Å². The standard InChI is InChI=1S/C12H14N4OS2/c1-3-6-13-11(17)8(2)16-10(14-15-12(16)18)9-5-4-7-19-9/h3-5,7-8H,1,6H2,2H3,(H,13,17)(H,15,18). The maximum Gasteiger partial charge on any atom is 0.243 e. The van der Waals surface area contributed by atoms with Crippen molar-refractivity contribution in [3.63, 3.8) is 0 Å². The van der Waals surface area contributed by atoms with Crippen LogP contribution in [0, 0.1) is 4.77 Å². The van der Waals surface area contributed by atoms with Crippen LogP contribution in [0.2, 0.25) is 0 Å². The summed E-state index contributed by atoms with van der Waals surface area (Å²) in [5, 5.41) is 11.7. The van der Waals surface area contributed by atoms with E-state index in [4.69, 9.17) is 12.2 Å². The topological polar surface area (TPSA) is 62.7 Å². The van der Waals surface area contributed by atoms with Crippen LogP contribution in [0.3, 0.4) is 0 Å². The Balaban J connectivity index is 2.34. The molecule has 7 heteroatoms. The molecule has 0 saturated heterocycles. The maximum absolute atomic E-state index is 12.0. The molecular weight excluding hydrogens is 280 g/mol. The number of hydrogen-bond acceptors (Lipinski definition) is 4. The molecule has 0 spiro atoms. The Morgan fingerprint density at radius 2 is 2.58 bits per heavy atom. The minimum Gasteiger partial charge on any atom is -0.351 e. The van der Waals surface area contributed by atoms with Gasteiger partial charge in [0, 0.05) is 6.54 Å². The molecule has 2 heterocycles. The molecule has 2 rings (SSSR count). The van der Waals surface area contributed by atoms with Gasteiger partial charge in [-0.2, -0.15) is 5.10 Å². The number of H-pyrrole nitrogens is 1. The number of rotatable bonds is 5. The van der Waals surface area contributed by atoms with E-state index in [0.29, 0.717) is 17.1 Å². The third kappa shape index (κ3) is 2.82. The first kappa shape index (κ1) is 13.7. The van der Waals surface area contributed by atoms with Crippen molar-refractivity contribution in [1.29, 1.82) is 0 Å². The highest BCUT2D eigenvalue weighted by Gasteiger charge is 2.20. The SMILES string of the molecule is C=CCNC(=O)C(C)n1c(-c2cccs2)n[nH]c1=S. The lowest BCUT2D eigenvalue weighted by Gasteiger charge is -2.14. The quantitative estimate of drug-likeness (QED) is 0.658. The average molecular weight is 294 g/mol. The monoisotopic (exact) mass is 294 g/mol. The van der Waals surface area contributed by atoms with E-state index in [-0.39, 0.29) is 5.91 Å². The van der Waals surface area contributed by atoms with E-state index in [1.165, 1.54) is 0 Å². The first-order chi connectivity index (χ1) is 9.15. The first-order valence-corrected chi connectivity index (χ1v) is 7.03. The summed E-state index contributed by atoms with van der Waals surface area (Å²) >= 11 is 6.76. The molecule has 0 aliphatic heterocycles. The molecule has 0 radical (unpaired) electrons. The molecule has 1 unspecified atom stereocenters. The zero-order valence-electron chi connectivity index (χ0n) is 10.4. The molecule has 1 atom stereocenters. The number of aromatic amines is 1. The molecule has 0 fully saturated rings. The second-order valence-electron chi connectivity index (χ2n) is 3.91. The first-order valence-electron chi connectivity index (χ1n) is 5.74. The molecule has 0 saturated carbocycles. The van der Waals surface area contributed by atoms with E-state index < -0.39 is 6.04 Å². The fourth-order valence-electron chi connectivity index (χ4n) is 1.68. The summed E-state index contributed by atoms with van der Waals surface area (Å²) in [5.41, 5.74) is 0. The van der Waals surface area contributed by atoms with Crippen LogP contribution in [0.15, 0.2) is 30.2 Å². The summed E-state index contributed by atoms with van der Waals surface area (Å²) in [5.74, 6) is 0.566. The summed E-state index contributed by atoms with van der Waals surface area (Å²) in [4.78, 5) is 13.0. The van der Waals surface area contributed by atoms with Crippen LogP contribution in [-0.2, 0) is 4.79 Å². The van der Waals surface area contributed by atoms with Gasteiger partial charge < -0.3 is 5.32 Å². The van der Waals surface area contributed by atoms with Crippen molar-refractivity contribution in [3.8, 4) is 10.7 Å². The minimum atomic E-state index is -0.428. The Morgan fingerprint density at radius 1 is 1.79 bits per heavy atom. The van der Waals surface area contributed by atoms with E-state index in [1.54, 1.807) is 28.9 Å². The van der Waals surface area contributed by atoms with Crippen LogP contribution in [0.5, 0.6) is 0 Å². The van der Waals surface area contributed by atoms with Gasteiger partial charge in [-0.1, -0.05) is 12.1 Å². The van der Waals surface area contributed by atoms with Gasteiger partial charge in [0.15, 0.2) is 10.6 Å². The van der Waals surface area contributed by atoms with E-state index in [2.05, 4.69) is 22.1 Å². The van der Waals surface area contributed by atoms with Gasteiger partial charge in [0.25, 0.3) is 0 Å². The summed E-state index contributed by atoms with van der Waals surface area (Å²) in [7, 11) is 0. The number of carbonyl (C=O) groups excluding carboxylic acids is 1. The van der Waals surface area contributed by atoms with Crippen molar-refractivity contribution in [1.82, 2.24) is 20.1 Å². The van der Waals surface area contributed by atoms with Gasteiger partial charge >= 0.3 is 0 Å². The van der Waals surface area contributed by atoms with Crippen LogP contribution in [0.4, 0.5) is 0 Å². The van der Waals surface area contributed by atoms with E-state index in [9.17, 15) is 4.79 Å². The van der Waals surface area contributed by atoms with Crippen molar-refractivity contribution in [2.45, 2.75) is 13.0 Å². The molecule has 1 amide bonds. The predicted molar refractivity (Wildman–Crippen MR) is 78.6 cm³/mol. The van der Waals surface area contributed by atoms with Gasteiger partial charge in [-0.25, -0.2) is 0 Å². The number of nitrogens with zero attached hydrogens (tertiary/aromatic N) is 2. The molecule has 2 N–H and O–H groups in total. The summed E-state index contributed by atoms with van der Waals surface area (Å²) < 4.78 is 2.16. The number of amides is 1. The van der Waals surface area contributed by atoms with Crippen LogP contribution in [0.1, 0.15) is 13.0 Å². The van der Waals surface area contributed by atoms with Crippen molar-refractivity contribution < 1.29 is 4.79 Å². The lowest BCUT2D eigenvalue weighted by atomic mass is 10.3. The summed E-state index contributed by atoms with van der Waals surface area (Å²) in [6.45, 7) is 5.80. The van der Waals surface area contributed by atoms with Gasteiger partial charge in [0.2, 0.25) is 5.91 Å². The Kier molecular flexibility index (Phi) is 4.28. The fraction of sp³-hybridized carbons (Fsp3) is 0.250. The highest BCUT2D eigenvalue weighted by Crippen LogP contribution is 2.25. The zero-order valence-corrected chi connectivity index (χ0v) is 12.1. The summed E-state index contributed by atoms with van der Waals surface area (Å²) in [6.07, 6.45) is 1.64. The maximum atomic E-state index is 12.0. The highest BCUT2D eigenvalue weighted by atomic mass is 32.1. The van der Waals surface area contributed by atoms with Crippen molar-refractivity contribution in [2.24, 2.45) is 0 Å². The molecule has 19 heavy (non-hydrogen) atoms. The molecular formula is C12H14N4OS2. The molecule has 0 aliphatic carbocycles. The second kappa shape index (κ2) is 5.94. The predicted octanol–water partition coefficient (Wildman–Crippen LogP) is 2.53. The normalized spacial score (nSPS) is 12.1. The molecule has 100 valence electrons. The van der Waals surface area contributed by atoms with E-state index in [1.807, 2.05) is 17.5 Å². The van der Waals surface area contributed by atoms with Gasteiger partial charge in [0.05, 0.1) is 4.88 Å². The number of nitrogens with one attached hydrogen (secondary N) is 2. The van der Waals surface area contributed by atoms with E-state index in [0.717, 1.165) is 4.88 Å². The van der Waals surface area contributed by atoms with Crippen molar-refractivity contribution in [3.05, 3.63) is 34.9 Å². The average Bonchev–Trinajstić information content (AvgIpc) is 3.03. The number of aromatic nitrogens is 3. The Bertz CT molecular complexity index is 626. The molecule has 5 nitrogen and oxygen atoms in total. The lowest BCUT2D eigenvalue weighted by molar-refractivity contribution is -0.123. The molecule has 2 aromatic rings. The third-order valence-electron chi connectivity index (χ3n) is 2.63. The second-order valence-corrected chi connectivity index (χ2v) is 5.24. The van der Waals surface area contributed by atoms with Gasteiger partial charge in [-0.15, -0.1) is 17.9 Å². The number of thiophene rings is 1. The molecule has 0 aromatic carbocycles. The van der Waals surface area contributed by atoms with Crippen molar-refractivity contribution in [2.75, 3.05) is 6.54 Å². The molecule has 0 aliphatic rings. The number of carbonyl (C=O) groups is 1. The van der Waals surface area contributed by atoms with E-state index >= 15 is 0 Å². The van der Waals surface area contributed by atoms with Gasteiger partial charge in [0.1, 0.15) is 6.04 Å². The van der Waals surface area contributed by atoms with Crippen LogP contribution in [-0.4, -0.2) is 27.2 Å². The third-order valence-corrected chi connectivity index (χ3v) is 3.79. The van der Waals surface area contributed by atoms with Gasteiger partial charge in [-0.05, 0) is 30.6 Å². The Hall–Kier alpha value is -1.73. The largest absolute Gasteiger partial charge is 0.351 e. The fourth-order valence-corrected chi connectivity index (χ4v) is 2.68. The highest BCUT2D eigenvalue weighted by molar-refractivity contribution is 7.71. The minimum absolute atomic E-state index is 0.116. The van der Waals surface area contributed by atoms with Crippen LogP contribution in [0.25, 0.3) is 10.7 Å². The smallest absolute Gasteiger partial charge is 0.243 e. The van der Waals surface area contributed by atoms with Crippen LogP contribution >= 0.6 is 23.6 Å². The van der Waals surface area contributed by atoms with Crippen molar-refractivity contribution >= 4 is 29.5 Å². The molecule has 2 aromatic heterocycles. The Morgan fingerprint density at radius 3 is 3.21 bits per heavy atom. The number of hydrogen-bond donors (Lipinski definition) is 2. The Labute approximate surface area is 120 Å². The summed E-state index contributed by atoms with van der Waals surface area (Å²) in [6, 6.07) is 3.45.